The first kappa shape index (κ1) is 24.6. The van der Waals surface area contributed by atoms with Crippen LogP contribution >= 0.6 is 15.9 Å². The lowest BCUT2D eigenvalue weighted by Crippen LogP contribution is -2.48. The summed E-state index contributed by atoms with van der Waals surface area (Å²) in [7, 11) is 0. The molecule has 4 bridgehead atoms. The second kappa shape index (κ2) is 9.42. The van der Waals surface area contributed by atoms with Gasteiger partial charge in [-0.1, -0.05) is 52.8 Å². The Morgan fingerprint density at radius 2 is 1.60 bits per heavy atom. The van der Waals surface area contributed by atoms with Crippen LogP contribution in [0.2, 0.25) is 0 Å². The third-order valence-electron chi connectivity index (χ3n) is 8.14. The van der Waals surface area contributed by atoms with Gasteiger partial charge in [-0.3, -0.25) is 0 Å². The normalized spacial score (nSPS) is 27.0. The van der Waals surface area contributed by atoms with Crippen LogP contribution in [0.5, 0.6) is 5.75 Å². The number of rotatable bonds is 7. The predicted molar refractivity (Wildman–Crippen MR) is 146 cm³/mol. The average Bonchev–Trinajstić information content (AvgIpc) is 2.80. The van der Waals surface area contributed by atoms with Gasteiger partial charge in [-0.25, -0.2) is 4.79 Å². The summed E-state index contributed by atoms with van der Waals surface area (Å²) in [6, 6.07) is 14.9. The summed E-state index contributed by atoms with van der Waals surface area (Å²) in [4.78, 5) is 12.5. The maximum atomic E-state index is 12.5. The van der Waals surface area contributed by atoms with Gasteiger partial charge in [0.25, 0.3) is 0 Å². The van der Waals surface area contributed by atoms with Crippen molar-refractivity contribution in [3.05, 3.63) is 60.2 Å². The zero-order valence-electron chi connectivity index (χ0n) is 21.2. The maximum Gasteiger partial charge on any atom is 0.338 e. The Labute approximate surface area is 218 Å². The monoisotopic (exact) mass is 536 g/mol. The number of hydrogen-bond donors (Lipinski definition) is 0. The quantitative estimate of drug-likeness (QED) is 0.204. The van der Waals surface area contributed by atoms with E-state index in [2.05, 4.69) is 52.8 Å². The van der Waals surface area contributed by atoms with Crippen LogP contribution in [0.1, 0.15) is 70.4 Å². The van der Waals surface area contributed by atoms with E-state index in [0.29, 0.717) is 12.2 Å². The molecular weight excluding hydrogens is 500 g/mol. The first-order valence-electron chi connectivity index (χ1n) is 13.0. The fourth-order valence-corrected chi connectivity index (χ4v) is 7.37. The molecule has 0 heterocycles. The van der Waals surface area contributed by atoms with E-state index in [-0.39, 0.29) is 11.4 Å². The van der Waals surface area contributed by atoms with E-state index in [1.807, 2.05) is 32.9 Å². The van der Waals surface area contributed by atoms with Crippen LogP contribution in [-0.2, 0) is 14.9 Å². The molecule has 4 fully saturated rings. The molecule has 35 heavy (non-hydrogen) atoms. The lowest BCUT2D eigenvalue weighted by Gasteiger charge is -2.57. The number of ether oxygens (including phenoxy) is 2. The van der Waals surface area contributed by atoms with Gasteiger partial charge in [-0.2, -0.15) is 0 Å². The van der Waals surface area contributed by atoms with Crippen molar-refractivity contribution in [2.75, 3.05) is 11.9 Å². The first-order valence-corrected chi connectivity index (χ1v) is 14.1. The molecule has 0 radical (unpaired) electrons. The largest absolute Gasteiger partial charge is 0.493 e. The Bertz CT molecular complexity index is 1070. The zero-order valence-corrected chi connectivity index (χ0v) is 22.8. The molecule has 4 saturated carbocycles. The summed E-state index contributed by atoms with van der Waals surface area (Å²) in [5, 5.41) is 0.824. The standard InChI is InChI=1S/C31H37BrO3/c1-20(29(33)35-30(2,3)4)24-5-7-25(8-6-24)27-10-9-26(34-12-11-32)16-28(27)31-17-21-13-22(18-31)15-23(14-21)19-31/h5-10,16,21-23H,1,11-15,17-19H2,2-4H3. The minimum absolute atomic E-state index is 0.261. The minimum atomic E-state index is -0.536. The van der Waals surface area contributed by atoms with Crippen LogP contribution in [0, 0.1) is 17.8 Å². The topological polar surface area (TPSA) is 35.5 Å². The van der Waals surface area contributed by atoms with E-state index in [1.54, 1.807) is 0 Å². The summed E-state index contributed by atoms with van der Waals surface area (Å²) in [5.41, 5.74) is 4.86. The van der Waals surface area contributed by atoms with Crippen molar-refractivity contribution < 1.29 is 14.3 Å². The summed E-state index contributed by atoms with van der Waals surface area (Å²) >= 11 is 3.49. The molecule has 0 aliphatic heterocycles. The summed E-state index contributed by atoms with van der Waals surface area (Å²) in [5.74, 6) is 3.23. The highest BCUT2D eigenvalue weighted by Gasteiger charge is 2.52. The minimum Gasteiger partial charge on any atom is -0.493 e. The zero-order chi connectivity index (χ0) is 24.8. The molecule has 3 nitrogen and oxygen atoms in total. The van der Waals surface area contributed by atoms with Crippen LogP contribution in [0.3, 0.4) is 0 Å². The smallest absolute Gasteiger partial charge is 0.338 e. The second-order valence-corrected chi connectivity index (χ2v) is 12.8. The first-order chi connectivity index (χ1) is 16.7. The van der Waals surface area contributed by atoms with Gasteiger partial charge in [0.15, 0.2) is 0 Å². The molecule has 0 unspecified atom stereocenters. The molecule has 0 saturated heterocycles. The Hall–Kier alpha value is -2.07. The fourth-order valence-electron chi connectivity index (χ4n) is 7.21. The van der Waals surface area contributed by atoms with Crippen molar-refractivity contribution in [2.24, 2.45) is 17.8 Å². The highest BCUT2D eigenvalue weighted by Crippen LogP contribution is 2.62. The molecular formula is C31H37BrO3. The van der Waals surface area contributed by atoms with Crippen LogP contribution in [-0.4, -0.2) is 23.5 Å². The van der Waals surface area contributed by atoms with Gasteiger partial charge in [0.2, 0.25) is 0 Å². The predicted octanol–water partition coefficient (Wildman–Crippen LogP) is 7.95. The lowest BCUT2D eigenvalue weighted by atomic mass is 9.47. The molecule has 4 aliphatic carbocycles. The van der Waals surface area contributed by atoms with Gasteiger partial charge < -0.3 is 9.47 Å². The Morgan fingerprint density at radius 3 is 2.14 bits per heavy atom. The third kappa shape index (κ3) is 5.09. The van der Waals surface area contributed by atoms with Crippen molar-refractivity contribution >= 4 is 27.5 Å². The van der Waals surface area contributed by atoms with E-state index in [1.165, 1.54) is 55.2 Å². The van der Waals surface area contributed by atoms with Gasteiger partial charge in [-0.05, 0) is 117 Å². The molecule has 0 aromatic heterocycles. The molecule has 186 valence electrons. The lowest BCUT2D eigenvalue weighted by molar-refractivity contribution is -0.147. The van der Waals surface area contributed by atoms with Gasteiger partial charge in [0.1, 0.15) is 11.4 Å². The van der Waals surface area contributed by atoms with E-state index in [9.17, 15) is 4.79 Å². The molecule has 4 aliphatic rings. The van der Waals surface area contributed by atoms with Crippen molar-refractivity contribution in [3.63, 3.8) is 0 Å². The summed E-state index contributed by atoms with van der Waals surface area (Å²) in [6.45, 7) is 10.3. The van der Waals surface area contributed by atoms with Crippen molar-refractivity contribution in [2.45, 2.75) is 70.3 Å². The second-order valence-electron chi connectivity index (χ2n) is 12.0. The summed E-state index contributed by atoms with van der Waals surface area (Å²) in [6.07, 6.45) is 8.20. The number of alkyl halides is 1. The molecule has 4 heteroatoms. The van der Waals surface area contributed by atoms with Crippen LogP contribution in [0.15, 0.2) is 49.0 Å². The van der Waals surface area contributed by atoms with E-state index < -0.39 is 5.60 Å². The van der Waals surface area contributed by atoms with Gasteiger partial charge in [0, 0.05) is 5.33 Å². The fraction of sp³-hybridized carbons (Fsp3) is 0.516. The number of hydrogen-bond acceptors (Lipinski definition) is 3. The third-order valence-corrected chi connectivity index (χ3v) is 8.46. The number of carbonyl (C=O) groups excluding carboxylic acids is 1. The molecule has 0 spiro atoms. The highest BCUT2D eigenvalue weighted by molar-refractivity contribution is 9.09. The molecule has 0 N–H and O–H groups in total. The number of esters is 1. The summed E-state index contributed by atoms with van der Waals surface area (Å²) < 4.78 is 11.6. The van der Waals surface area contributed by atoms with E-state index in [4.69, 9.17) is 9.47 Å². The molecule has 2 aromatic carbocycles. The van der Waals surface area contributed by atoms with Gasteiger partial charge in [0.05, 0.1) is 12.2 Å². The molecule has 2 aromatic rings. The number of benzene rings is 2. The SMILES string of the molecule is C=C(C(=O)OC(C)(C)C)c1ccc(-c2ccc(OCCBr)cc2C23CC4CC(CC(C4)C2)C3)cc1. The Balaban J connectivity index is 1.48. The maximum absolute atomic E-state index is 12.5. The van der Waals surface area contributed by atoms with Crippen molar-refractivity contribution in [1.82, 2.24) is 0 Å². The van der Waals surface area contributed by atoms with E-state index >= 15 is 0 Å². The van der Waals surface area contributed by atoms with Gasteiger partial charge in [-0.15, -0.1) is 0 Å². The molecule has 0 amide bonds. The van der Waals surface area contributed by atoms with Crippen molar-refractivity contribution in [1.29, 1.82) is 0 Å². The van der Waals surface area contributed by atoms with Crippen LogP contribution in [0.25, 0.3) is 16.7 Å². The highest BCUT2D eigenvalue weighted by atomic mass is 79.9. The average molecular weight is 538 g/mol. The number of carbonyl (C=O) groups is 1. The van der Waals surface area contributed by atoms with Crippen LogP contribution in [0.4, 0.5) is 0 Å². The van der Waals surface area contributed by atoms with Crippen LogP contribution < -0.4 is 4.74 Å². The van der Waals surface area contributed by atoms with Crippen molar-refractivity contribution in [3.8, 4) is 16.9 Å². The Kier molecular flexibility index (Phi) is 6.63. The van der Waals surface area contributed by atoms with E-state index in [0.717, 1.165) is 34.4 Å². The Morgan fingerprint density at radius 1 is 1.00 bits per heavy atom. The molecule has 0 atom stereocenters. The molecule has 6 rings (SSSR count). The van der Waals surface area contributed by atoms with Gasteiger partial charge >= 0.3 is 5.97 Å². The number of halogens is 1.